The van der Waals surface area contributed by atoms with Gasteiger partial charge in [0, 0.05) is 12.0 Å². The van der Waals surface area contributed by atoms with E-state index in [1.165, 1.54) is 11.3 Å². The Bertz CT molecular complexity index is 375. The van der Waals surface area contributed by atoms with Crippen molar-refractivity contribution < 1.29 is 4.79 Å². The van der Waals surface area contributed by atoms with Crippen molar-refractivity contribution in [3.8, 4) is 0 Å². The molecule has 0 aliphatic heterocycles. The zero-order valence-electron chi connectivity index (χ0n) is 8.65. The van der Waals surface area contributed by atoms with Gasteiger partial charge in [-0.25, -0.2) is 0 Å². The first-order valence-corrected chi connectivity index (χ1v) is 6.81. The van der Waals surface area contributed by atoms with Crippen LogP contribution >= 0.6 is 27.3 Å². The van der Waals surface area contributed by atoms with Crippen LogP contribution in [0.25, 0.3) is 0 Å². The highest BCUT2D eigenvalue weighted by Crippen LogP contribution is 2.28. The van der Waals surface area contributed by atoms with Crippen molar-refractivity contribution in [3.05, 3.63) is 3.92 Å². The zero-order chi connectivity index (χ0) is 11.5. The van der Waals surface area contributed by atoms with E-state index in [4.69, 9.17) is 5.73 Å². The Kier molecular flexibility index (Phi) is 3.75. The summed E-state index contributed by atoms with van der Waals surface area (Å²) in [6, 6.07) is 0.385. The van der Waals surface area contributed by atoms with Crippen LogP contribution in [0.4, 0.5) is 5.13 Å². The van der Waals surface area contributed by atoms with Crippen LogP contribution in [-0.4, -0.2) is 22.1 Å². The third-order valence-electron chi connectivity index (χ3n) is 2.86. The van der Waals surface area contributed by atoms with E-state index in [1.54, 1.807) is 0 Å². The molecule has 7 heteroatoms. The second-order valence-corrected chi connectivity index (χ2v) is 6.21. The number of anilines is 1. The van der Waals surface area contributed by atoms with Gasteiger partial charge in [-0.1, -0.05) is 11.3 Å². The summed E-state index contributed by atoms with van der Waals surface area (Å²) in [5.41, 5.74) is 5.28. The van der Waals surface area contributed by atoms with Gasteiger partial charge in [0.25, 0.3) is 0 Å². The van der Waals surface area contributed by atoms with E-state index in [0.717, 1.165) is 34.7 Å². The maximum atomic E-state index is 11.0. The van der Waals surface area contributed by atoms with Gasteiger partial charge in [0.1, 0.15) is 0 Å². The molecule has 1 aliphatic rings. The minimum absolute atomic E-state index is 0.0548. The fourth-order valence-corrected chi connectivity index (χ4v) is 3.05. The van der Waals surface area contributed by atoms with Gasteiger partial charge < -0.3 is 11.1 Å². The smallest absolute Gasteiger partial charge is 0.220 e. The van der Waals surface area contributed by atoms with Crippen LogP contribution in [0.3, 0.4) is 0 Å². The Morgan fingerprint density at radius 2 is 2.06 bits per heavy atom. The number of amides is 1. The molecular formula is C9H13BrN4OS. The molecule has 1 aromatic heterocycles. The quantitative estimate of drug-likeness (QED) is 0.891. The van der Waals surface area contributed by atoms with Crippen molar-refractivity contribution in [2.24, 2.45) is 11.7 Å². The number of halogens is 1. The molecule has 3 N–H and O–H groups in total. The van der Waals surface area contributed by atoms with E-state index < -0.39 is 0 Å². The molecule has 0 saturated heterocycles. The molecule has 1 fully saturated rings. The number of nitrogens with one attached hydrogen (secondary N) is 1. The molecule has 0 unspecified atom stereocenters. The summed E-state index contributed by atoms with van der Waals surface area (Å²) in [6.45, 7) is 0. The number of nitrogens with two attached hydrogens (primary N) is 1. The van der Waals surface area contributed by atoms with Crippen LogP contribution < -0.4 is 11.1 Å². The van der Waals surface area contributed by atoms with Crippen molar-refractivity contribution in [3.63, 3.8) is 0 Å². The lowest BCUT2D eigenvalue weighted by molar-refractivity contribution is -0.122. The number of hydrogen-bond acceptors (Lipinski definition) is 5. The molecule has 0 atom stereocenters. The second kappa shape index (κ2) is 5.09. The highest BCUT2D eigenvalue weighted by Gasteiger charge is 2.24. The van der Waals surface area contributed by atoms with E-state index in [-0.39, 0.29) is 11.8 Å². The van der Waals surface area contributed by atoms with Crippen molar-refractivity contribution in [2.75, 3.05) is 5.32 Å². The standard InChI is InChI=1S/C9H13BrN4OS/c10-8-13-14-9(16-8)12-6-3-1-5(2-4-6)7(11)15/h5-6H,1-4H2,(H2,11,15)(H,12,14). The van der Waals surface area contributed by atoms with Crippen molar-refractivity contribution >= 4 is 38.3 Å². The molecule has 0 spiro atoms. The maximum Gasteiger partial charge on any atom is 0.220 e. The number of nitrogens with zero attached hydrogens (tertiary/aromatic N) is 2. The highest BCUT2D eigenvalue weighted by molar-refractivity contribution is 9.11. The third kappa shape index (κ3) is 2.91. The summed E-state index contributed by atoms with van der Waals surface area (Å²) in [4.78, 5) is 11.0. The predicted molar refractivity (Wildman–Crippen MR) is 66.2 cm³/mol. The summed E-state index contributed by atoms with van der Waals surface area (Å²) < 4.78 is 0.779. The highest BCUT2D eigenvalue weighted by atomic mass is 79.9. The lowest BCUT2D eigenvalue weighted by Gasteiger charge is -2.26. The molecule has 0 aromatic carbocycles. The largest absolute Gasteiger partial charge is 0.369 e. The normalized spacial score (nSPS) is 25.3. The predicted octanol–water partition coefficient (Wildman–Crippen LogP) is 1.76. The molecule has 88 valence electrons. The number of primary amides is 1. The van der Waals surface area contributed by atoms with E-state index >= 15 is 0 Å². The van der Waals surface area contributed by atoms with E-state index in [1.807, 2.05) is 0 Å². The molecule has 0 radical (unpaired) electrons. The van der Waals surface area contributed by atoms with E-state index in [2.05, 4.69) is 31.4 Å². The number of carbonyl (C=O) groups is 1. The van der Waals surface area contributed by atoms with Gasteiger partial charge in [0.05, 0.1) is 0 Å². The SMILES string of the molecule is NC(=O)C1CCC(Nc2nnc(Br)s2)CC1. The lowest BCUT2D eigenvalue weighted by atomic mass is 9.86. The molecule has 1 aliphatic carbocycles. The summed E-state index contributed by atoms with van der Waals surface area (Å²) >= 11 is 4.75. The number of hydrogen-bond donors (Lipinski definition) is 2. The third-order valence-corrected chi connectivity index (χ3v) is 4.14. The van der Waals surface area contributed by atoms with Crippen molar-refractivity contribution in [1.29, 1.82) is 0 Å². The van der Waals surface area contributed by atoms with Crippen LogP contribution in [0, 0.1) is 5.92 Å². The monoisotopic (exact) mass is 304 g/mol. The first kappa shape index (κ1) is 11.8. The van der Waals surface area contributed by atoms with E-state index in [0.29, 0.717) is 6.04 Å². The Labute approximate surface area is 106 Å². The van der Waals surface area contributed by atoms with Crippen LogP contribution in [0.2, 0.25) is 0 Å². The summed E-state index contributed by atoms with van der Waals surface area (Å²) in [6.07, 6.45) is 3.66. The Morgan fingerprint density at radius 3 is 2.56 bits per heavy atom. The zero-order valence-corrected chi connectivity index (χ0v) is 11.1. The molecule has 1 saturated carbocycles. The summed E-state index contributed by atoms with van der Waals surface area (Å²) in [5, 5.41) is 12.0. The molecule has 1 amide bonds. The maximum absolute atomic E-state index is 11.0. The lowest BCUT2D eigenvalue weighted by Crippen LogP contribution is -2.32. The molecular weight excluding hydrogens is 292 g/mol. The summed E-state index contributed by atoms with van der Waals surface area (Å²) in [7, 11) is 0. The van der Waals surface area contributed by atoms with Gasteiger partial charge in [-0.15, -0.1) is 10.2 Å². The van der Waals surface area contributed by atoms with Crippen LogP contribution in [0.15, 0.2) is 3.92 Å². The topological polar surface area (TPSA) is 80.9 Å². The molecule has 1 heterocycles. The Morgan fingerprint density at radius 1 is 1.38 bits per heavy atom. The average molecular weight is 305 g/mol. The molecule has 0 bridgehead atoms. The van der Waals surface area contributed by atoms with E-state index in [9.17, 15) is 4.79 Å². The van der Waals surface area contributed by atoms with Crippen LogP contribution in [0.5, 0.6) is 0 Å². The van der Waals surface area contributed by atoms with Gasteiger partial charge in [0.2, 0.25) is 11.0 Å². The molecule has 16 heavy (non-hydrogen) atoms. The van der Waals surface area contributed by atoms with Gasteiger partial charge in [-0.3, -0.25) is 4.79 Å². The second-order valence-electron chi connectivity index (χ2n) is 3.96. The minimum Gasteiger partial charge on any atom is -0.369 e. The number of carbonyl (C=O) groups excluding carboxylic acids is 1. The van der Waals surface area contributed by atoms with Gasteiger partial charge >= 0.3 is 0 Å². The Hall–Kier alpha value is -0.690. The van der Waals surface area contributed by atoms with Crippen LogP contribution in [0.1, 0.15) is 25.7 Å². The molecule has 5 nitrogen and oxygen atoms in total. The number of aromatic nitrogens is 2. The molecule has 2 rings (SSSR count). The summed E-state index contributed by atoms with van der Waals surface area (Å²) in [5.74, 6) is -0.115. The molecule has 1 aromatic rings. The van der Waals surface area contributed by atoms with Gasteiger partial charge in [-0.2, -0.15) is 0 Å². The first-order valence-electron chi connectivity index (χ1n) is 5.20. The average Bonchev–Trinajstić information content (AvgIpc) is 2.65. The minimum atomic E-state index is -0.169. The fourth-order valence-electron chi connectivity index (χ4n) is 1.96. The van der Waals surface area contributed by atoms with Gasteiger partial charge in [-0.05, 0) is 41.6 Å². The number of rotatable bonds is 3. The fraction of sp³-hybridized carbons (Fsp3) is 0.667. The van der Waals surface area contributed by atoms with Crippen LogP contribution in [-0.2, 0) is 4.79 Å². The first-order chi connectivity index (χ1) is 7.65. The Balaban J connectivity index is 1.83. The van der Waals surface area contributed by atoms with Gasteiger partial charge in [0.15, 0.2) is 3.92 Å². The van der Waals surface area contributed by atoms with Crippen molar-refractivity contribution in [2.45, 2.75) is 31.7 Å². The van der Waals surface area contributed by atoms with Crippen molar-refractivity contribution in [1.82, 2.24) is 10.2 Å².